The fourth-order valence-corrected chi connectivity index (χ4v) is 2.45. The van der Waals surface area contributed by atoms with Crippen molar-refractivity contribution in [1.82, 2.24) is 10.0 Å². The molecule has 0 spiro atoms. The summed E-state index contributed by atoms with van der Waals surface area (Å²) in [5.74, 6) is 0. The molecule has 0 aliphatic rings. The molecule has 0 radical (unpaired) electrons. The van der Waals surface area contributed by atoms with Gasteiger partial charge in [0.05, 0.1) is 6.26 Å². The van der Waals surface area contributed by atoms with Crippen molar-refractivity contribution in [2.24, 2.45) is 0 Å². The Balaban J connectivity index is 2.07. The summed E-state index contributed by atoms with van der Waals surface area (Å²) in [6.45, 7) is 1.97. The lowest BCUT2D eigenvalue weighted by Crippen LogP contribution is -2.26. The minimum absolute atomic E-state index is 0.464. The van der Waals surface area contributed by atoms with E-state index < -0.39 is 10.0 Å². The Morgan fingerprint density at radius 3 is 2.75 bits per heavy atom. The summed E-state index contributed by atoms with van der Waals surface area (Å²) < 4.78 is 23.9. The van der Waals surface area contributed by atoms with E-state index in [9.17, 15) is 8.42 Å². The molecule has 16 heavy (non-hydrogen) atoms. The number of rotatable bonds is 7. The first-order valence-corrected chi connectivity index (χ1v) is 7.73. The van der Waals surface area contributed by atoms with Crippen molar-refractivity contribution in [3.8, 4) is 0 Å². The van der Waals surface area contributed by atoms with E-state index in [4.69, 9.17) is 5.73 Å². The molecule has 0 saturated heterocycles. The van der Waals surface area contributed by atoms with Gasteiger partial charge in [0.2, 0.25) is 10.0 Å². The second-order valence-corrected chi connectivity index (χ2v) is 6.33. The molecule has 0 unspecified atom stereocenters. The van der Waals surface area contributed by atoms with Crippen molar-refractivity contribution in [2.45, 2.75) is 13.0 Å². The minimum atomic E-state index is -3.06. The van der Waals surface area contributed by atoms with Crippen LogP contribution in [0.5, 0.6) is 0 Å². The maximum Gasteiger partial charge on any atom is 0.208 e. The Morgan fingerprint density at radius 2 is 2.19 bits per heavy atom. The van der Waals surface area contributed by atoms with Gasteiger partial charge in [0, 0.05) is 23.7 Å². The molecule has 0 aromatic carbocycles. The molecule has 5 nitrogen and oxygen atoms in total. The molecular weight excluding hydrogens is 246 g/mol. The zero-order valence-electron chi connectivity index (χ0n) is 9.19. The zero-order chi connectivity index (χ0) is 12.0. The van der Waals surface area contributed by atoms with Crippen LogP contribution in [0.2, 0.25) is 0 Å². The van der Waals surface area contributed by atoms with E-state index in [0.717, 1.165) is 36.3 Å². The molecule has 92 valence electrons. The molecule has 1 heterocycles. The first-order valence-electron chi connectivity index (χ1n) is 4.96. The fourth-order valence-electron chi connectivity index (χ4n) is 1.17. The number of hydrogen-bond acceptors (Lipinski definition) is 5. The standard InChI is InChI=1S/C9H17N3O2S2/c1-16(13,14)12-5-2-4-11-7-9-8(10)3-6-15-9/h3,6,11-12H,2,4-5,7,10H2,1H3. The number of thiophene rings is 1. The van der Waals surface area contributed by atoms with Gasteiger partial charge in [-0.25, -0.2) is 13.1 Å². The maximum absolute atomic E-state index is 10.7. The van der Waals surface area contributed by atoms with Crippen LogP contribution in [0.3, 0.4) is 0 Å². The van der Waals surface area contributed by atoms with Crippen LogP contribution in [0.4, 0.5) is 5.69 Å². The predicted octanol–water partition coefficient (Wildman–Crippen LogP) is 0.359. The highest BCUT2D eigenvalue weighted by molar-refractivity contribution is 7.88. The molecule has 7 heteroatoms. The van der Waals surface area contributed by atoms with Gasteiger partial charge in [-0.1, -0.05) is 0 Å². The average Bonchev–Trinajstić information content (AvgIpc) is 2.56. The third-order valence-electron chi connectivity index (χ3n) is 1.96. The zero-order valence-corrected chi connectivity index (χ0v) is 10.8. The molecule has 0 bridgehead atoms. The molecule has 0 aliphatic carbocycles. The van der Waals surface area contributed by atoms with E-state index in [1.165, 1.54) is 0 Å². The second kappa shape index (κ2) is 6.19. The Labute approximate surface area is 100 Å². The minimum Gasteiger partial charge on any atom is -0.398 e. The molecule has 0 atom stereocenters. The van der Waals surface area contributed by atoms with Crippen LogP contribution in [0.25, 0.3) is 0 Å². The van der Waals surface area contributed by atoms with Gasteiger partial charge in [0.1, 0.15) is 0 Å². The van der Waals surface area contributed by atoms with Gasteiger partial charge >= 0.3 is 0 Å². The van der Waals surface area contributed by atoms with E-state index in [0.29, 0.717) is 6.54 Å². The van der Waals surface area contributed by atoms with Crippen molar-refractivity contribution < 1.29 is 8.42 Å². The average molecular weight is 263 g/mol. The van der Waals surface area contributed by atoms with Gasteiger partial charge in [-0.2, -0.15) is 0 Å². The first kappa shape index (κ1) is 13.4. The van der Waals surface area contributed by atoms with Crippen LogP contribution >= 0.6 is 11.3 Å². The van der Waals surface area contributed by atoms with E-state index >= 15 is 0 Å². The van der Waals surface area contributed by atoms with Gasteiger partial charge in [-0.3, -0.25) is 0 Å². The summed E-state index contributed by atoms with van der Waals surface area (Å²) in [6.07, 6.45) is 1.92. The monoisotopic (exact) mass is 263 g/mol. The Morgan fingerprint density at radius 1 is 1.44 bits per heavy atom. The normalized spacial score (nSPS) is 11.8. The van der Waals surface area contributed by atoms with Crippen molar-refractivity contribution in [3.63, 3.8) is 0 Å². The number of nitrogens with one attached hydrogen (secondary N) is 2. The highest BCUT2D eigenvalue weighted by Crippen LogP contribution is 2.17. The largest absolute Gasteiger partial charge is 0.398 e. The lowest BCUT2D eigenvalue weighted by Gasteiger charge is -2.04. The lowest BCUT2D eigenvalue weighted by atomic mass is 10.4. The van der Waals surface area contributed by atoms with Crippen molar-refractivity contribution in [3.05, 3.63) is 16.3 Å². The topological polar surface area (TPSA) is 84.2 Å². The predicted molar refractivity (Wildman–Crippen MR) is 67.9 cm³/mol. The van der Waals surface area contributed by atoms with Crippen molar-refractivity contribution in [1.29, 1.82) is 0 Å². The molecule has 0 saturated carbocycles. The summed E-state index contributed by atoms with van der Waals surface area (Å²) in [5, 5.41) is 5.17. The summed E-state index contributed by atoms with van der Waals surface area (Å²) >= 11 is 1.62. The smallest absolute Gasteiger partial charge is 0.208 e. The fraction of sp³-hybridized carbons (Fsp3) is 0.556. The Bertz CT molecular complexity index is 414. The molecule has 0 amide bonds. The summed E-state index contributed by atoms with van der Waals surface area (Å²) in [4.78, 5) is 1.12. The van der Waals surface area contributed by atoms with E-state index in [1.54, 1.807) is 11.3 Å². The molecule has 1 aromatic rings. The number of nitrogens with two attached hydrogens (primary N) is 1. The van der Waals surface area contributed by atoms with Crippen LogP contribution in [0, 0.1) is 0 Å². The second-order valence-electron chi connectivity index (χ2n) is 3.50. The lowest BCUT2D eigenvalue weighted by molar-refractivity contribution is 0.579. The molecule has 4 N–H and O–H groups in total. The first-order chi connectivity index (χ1) is 7.49. The number of sulfonamides is 1. The van der Waals surface area contributed by atoms with Gasteiger partial charge in [0.25, 0.3) is 0 Å². The van der Waals surface area contributed by atoms with Crippen LogP contribution in [-0.2, 0) is 16.6 Å². The quantitative estimate of drug-likeness (QED) is 0.620. The number of hydrogen-bond donors (Lipinski definition) is 3. The van der Waals surface area contributed by atoms with Crippen LogP contribution in [0.1, 0.15) is 11.3 Å². The van der Waals surface area contributed by atoms with Crippen LogP contribution in [-0.4, -0.2) is 27.8 Å². The highest BCUT2D eigenvalue weighted by atomic mass is 32.2. The van der Waals surface area contributed by atoms with Gasteiger partial charge in [-0.15, -0.1) is 11.3 Å². The van der Waals surface area contributed by atoms with Crippen LogP contribution in [0.15, 0.2) is 11.4 Å². The third-order valence-corrected chi connectivity index (χ3v) is 3.63. The van der Waals surface area contributed by atoms with Crippen molar-refractivity contribution in [2.75, 3.05) is 25.1 Å². The Kier molecular flexibility index (Phi) is 5.20. The summed E-state index contributed by atoms with van der Waals surface area (Å²) in [5.41, 5.74) is 6.53. The summed E-state index contributed by atoms with van der Waals surface area (Å²) in [7, 11) is -3.06. The highest BCUT2D eigenvalue weighted by Gasteiger charge is 2.00. The van der Waals surface area contributed by atoms with Gasteiger partial charge < -0.3 is 11.1 Å². The Hall–Kier alpha value is -0.630. The molecule has 0 aliphatic heterocycles. The number of anilines is 1. The third kappa shape index (κ3) is 5.45. The van der Waals surface area contributed by atoms with Gasteiger partial charge in [-0.05, 0) is 24.4 Å². The van der Waals surface area contributed by atoms with E-state index in [-0.39, 0.29) is 0 Å². The maximum atomic E-state index is 10.7. The molecule has 1 aromatic heterocycles. The molecule has 0 fully saturated rings. The van der Waals surface area contributed by atoms with E-state index in [1.807, 2.05) is 11.4 Å². The summed E-state index contributed by atoms with van der Waals surface area (Å²) in [6, 6.07) is 1.88. The van der Waals surface area contributed by atoms with E-state index in [2.05, 4.69) is 10.0 Å². The van der Waals surface area contributed by atoms with Crippen molar-refractivity contribution >= 4 is 27.0 Å². The number of nitrogen functional groups attached to an aromatic ring is 1. The van der Waals surface area contributed by atoms with Gasteiger partial charge in [0.15, 0.2) is 0 Å². The van der Waals surface area contributed by atoms with Crippen LogP contribution < -0.4 is 15.8 Å². The molecular formula is C9H17N3O2S2. The molecule has 1 rings (SSSR count). The SMILES string of the molecule is CS(=O)(=O)NCCCNCc1sccc1N.